The van der Waals surface area contributed by atoms with Crippen molar-refractivity contribution >= 4 is 41.0 Å². The van der Waals surface area contributed by atoms with Gasteiger partial charge in [-0.3, -0.25) is 14.4 Å². The second-order valence-corrected chi connectivity index (χ2v) is 7.51. The molecule has 160 valence electrons. The van der Waals surface area contributed by atoms with Crippen LogP contribution in [0.1, 0.15) is 41.6 Å². The van der Waals surface area contributed by atoms with Crippen molar-refractivity contribution in [2.24, 2.45) is 0 Å². The van der Waals surface area contributed by atoms with Crippen LogP contribution in [0.25, 0.3) is 0 Å². The first-order valence-corrected chi connectivity index (χ1v) is 10.4. The van der Waals surface area contributed by atoms with E-state index in [2.05, 4.69) is 10.6 Å². The quantitative estimate of drug-likeness (QED) is 0.536. The maximum Gasteiger partial charge on any atom is 0.325 e. The molecule has 8 heteroatoms. The number of carbonyl (C=O) groups excluding carboxylic acids is 3. The van der Waals surface area contributed by atoms with Crippen LogP contribution in [0.4, 0.5) is 0 Å². The fourth-order valence-electron chi connectivity index (χ4n) is 2.88. The van der Waals surface area contributed by atoms with Crippen LogP contribution in [-0.4, -0.2) is 37.5 Å². The topological polar surface area (TPSA) is 84.5 Å². The van der Waals surface area contributed by atoms with Gasteiger partial charge in [0, 0.05) is 28.1 Å². The summed E-state index contributed by atoms with van der Waals surface area (Å²) in [6.45, 7) is 1.66. The summed E-state index contributed by atoms with van der Waals surface area (Å²) in [7, 11) is 0. The minimum absolute atomic E-state index is 0.0181. The maximum atomic E-state index is 12.1. The lowest BCUT2D eigenvalue weighted by Gasteiger charge is -2.19. The lowest BCUT2D eigenvalue weighted by Crippen LogP contribution is -2.35. The molecule has 2 N–H and O–H groups in total. The van der Waals surface area contributed by atoms with Crippen molar-refractivity contribution in [2.75, 3.05) is 19.7 Å². The predicted molar refractivity (Wildman–Crippen MR) is 117 cm³/mol. The van der Waals surface area contributed by atoms with Crippen molar-refractivity contribution in [3.63, 3.8) is 0 Å². The van der Waals surface area contributed by atoms with Gasteiger partial charge in [0.1, 0.15) is 6.54 Å². The van der Waals surface area contributed by atoms with Gasteiger partial charge in [-0.1, -0.05) is 60.8 Å². The van der Waals surface area contributed by atoms with E-state index in [4.69, 9.17) is 27.9 Å². The summed E-state index contributed by atoms with van der Waals surface area (Å²) < 4.78 is 4.92. The number of hydrogen-bond acceptors (Lipinski definition) is 4. The summed E-state index contributed by atoms with van der Waals surface area (Å²) in [5.74, 6) is -1.49. The highest BCUT2D eigenvalue weighted by Gasteiger charge is 2.16. The van der Waals surface area contributed by atoms with E-state index in [1.54, 1.807) is 42.5 Å². The SMILES string of the molecule is CCCC(CNC(=O)COC(=O)CNC(=O)c1ccccc1)c1ccc(Cl)cc1Cl. The van der Waals surface area contributed by atoms with Gasteiger partial charge in [-0.05, 0) is 36.2 Å². The monoisotopic (exact) mass is 450 g/mol. The van der Waals surface area contributed by atoms with Gasteiger partial charge in [0.25, 0.3) is 11.8 Å². The second kappa shape index (κ2) is 12.2. The smallest absolute Gasteiger partial charge is 0.325 e. The second-order valence-electron chi connectivity index (χ2n) is 6.66. The molecule has 2 amide bonds. The van der Waals surface area contributed by atoms with Gasteiger partial charge in [-0.2, -0.15) is 0 Å². The first kappa shape index (κ1) is 23.7. The Morgan fingerprint density at radius 2 is 1.77 bits per heavy atom. The molecule has 0 saturated carbocycles. The molecule has 30 heavy (non-hydrogen) atoms. The third-order valence-corrected chi connectivity index (χ3v) is 4.94. The Kier molecular flexibility index (Phi) is 9.64. The molecular weight excluding hydrogens is 427 g/mol. The number of benzene rings is 2. The number of esters is 1. The summed E-state index contributed by atoms with van der Waals surface area (Å²) in [5.41, 5.74) is 1.34. The first-order chi connectivity index (χ1) is 14.4. The molecule has 1 atom stereocenters. The van der Waals surface area contributed by atoms with Gasteiger partial charge in [0.15, 0.2) is 6.61 Å². The number of amides is 2. The molecule has 0 fully saturated rings. The molecule has 0 aliphatic carbocycles. The Bertz CT molecular complexity index is 875. The van der Waals surface area contributed by atoms with Crippen LogP contribution in [0, 0.1) is 0 Å². The molecule has 0 aliphatic rings. The molecule has 0 aliphatic heterocycles. The normalized spacial score (nSPS) is 11.4. The van der Waals surface area contributed by atoms with Crippen LogP contribution in [0.2, 0.25) is 10.0 Å². The molecule has 0 spiro atoms. The van der Waals surface area contributed by atoms with Gasteiger partial charge < -0.3 is 15.4 Å². The van der Waals surface area contributed by atoms with E-state index in [0.29, 0.717) is 22.2 Å². The summed E-state index contributed by atoms with van der Waals surface area (Å²) in [6, 6.07) is 13.8. The average Bonchev–Trinajstić information content (AvgIpc) is 2.74. The minimum atomic E-state index is -0.694. The zero-order valence-corrected chi connectivity index (χ0v) is 18.1. The van der Waals surface area contributed by atoms with E-state index < -0.39 is 18.5 Å². The lowest BCUT2D eigenvalue weighted by atomic mass is 9.94. The first-order valence-electron chi connectivity index (χ1n) is 9.61. The van der Waals surface area contributed by atoms with Gasteiger partial charge in [-0.25, -0.2) is 0 Å². The maximum absolute atomic E-state index is 12.1. The van der Waals surface area contributed by atoms with Gasteiger partial charge in [0.2, 0.25) is 0 Å². The van der Waals surface area contributed by atoms with Gasteiger partial charge in [-0.15, -0.1) is 0 Å². The van der Waals surface area contributed by atoms with Crippen molar-refractivity contribution in [1.29, 1.82) is 0 Å². The predicted octanol–water partition coefficient (Wildman–Crippen LogP) is 3.97. The van der Waals surface area contributed by atoms with Crippen molar-refractivity contribution in [2.45, 2.75) is 25.7 Å². The van der Waals surface area contributed by atoms with E-state index in [1.165, 1.54) is 0 Å². The molecule has 1 unspecified atom stereocenters. The Labute approximate surface area is 185 Å². The molecule has 6 nitrogen and oxygen atoms in total. The lowest BCUT2D eigenvalue weighted by molar-refractivity contribution is -0.147. The number of hydrogen-bond donors (Lipinski definition) is 2. The fraction of sp³-hybridized carbons (Fsp3) is 0.318. The van der Waals surface area contributed by atoms with Crippen LogP contribution in [-0.2, 0) is 14.3 Å². The van der Waals surface area contributed by atoms with Crippen molar-refractivity contribution in [3.05, 3.63) is 69.7 Å². The van der Waals surface area contributed by atoms with Crippen LogP contribution in [0.15, 0.2) is 48.5 Å². The van der Waals surface area contributed by atoms with Crippen molar-refractivity contribution in [1.82, 2.24) is 10.6 Å². The van der Waals surface area contributed by atoms with Gasteiger partial charge >= 0.3 is 5.97 Å². The number of ether oxygens (including phenoxy) is 1. The number of rotatable bonds is 10. The summed E-state index contributed by atoms with van der Waals surface area (Å²) in [4.78, 5) is 35.7. The molecule has 2 aromatic carbocycles. The van der Waals surface area contributed by atoms with E-state index in [-0.39, 0.29) is 18.4 Å². The molecule has 0 bridgehead atoms. The molecule has 2 aromatic rings. The van der Waals surface area contributed by atoms with E-state index in [0.717, 1.165) is 18.4 Å². The number of carbonyl (C=O) groups is 3. The van der Waals surface area contributed by atoms with Crippen LogP contribution in [0.3, 0.4) is 0 Å². The molecule has 0 radical (unpaired) electrons. The molecule has 0 saturated heterocycles. The van der Waals surface area contributed by atoms with Crippen molar-refractivity contribution in [3.8, 4) is 0 Å². The zero-order valence-electron chi connectivity index (χ0n) is 16.6. The Balaban J connectivity index is 1.76. The number of halogens is 2. The molecule has 0 heterocycles. The van der Waals surface area contributed by atoms with Crippen LogP contribution >= 0.6 is 23.2 Å². The third kappa shape index (κ3) is 7.69. The summed E-state index contributed by atoms with van der Waals surface area (Å²) in [6.07, 6.45) is 1.74. The largest absolute Gasteiger partial charge is 0.454 e. The standard InChI is InChI=1S/C22H24Cl2N2O4/c1-2-6-16(18-10-9-17(23)11-19(18)24)12-25-20(27)14-30-21(28)13-26-22(29)15-7-4-3-5-8-15/h3-5,7-11,16H,2,6,12-14H2,1H3,(H,25,27)(H,26,29). The Morgan fingerprint density at radius 3 is 2.43 bits per heavy atom. The highest BCUT2D eigenvalue weighted by molar-refractivity contribution is 6.35. The number of nitrogens with one attached hydrogen (secondary N) is 2. The van der Waals surface area contributed by atoms with Crippen molar-refractivity contribution < 1.29 is 19.1 Å². The summed E-state index contributed by atoms with van der Waals surface area (Å²) >= 11 is 12.2. The van der Waals surface area contributed by atoms with E-state index in [1.807, 2.05) is 13.0 Å². The molecule has 0 aromatic heterocycles. The van der Waals surface area contributed by atoms with Crippen LogP contribution < -0.4 is 10.6 Å². The van der Waals surface area contributed by atoms with Crippen LogP contribution in [0.5, 0.6) is 0 Å². The Hall–Kier alpha value is -2.57. The van der Waals surface area contributed by atoms with E-state index in [9.17, 15) is 14.4 Å². The molecular formula is C22H24Cl2N2O4. The third-order valence-electron chi connectivity index (χ3n) is 4.38. The molecule has 2 rings (SSSR count). The van der Waals surface area contributed by atoms with Gasteiger partial charge in [0.05, 0.1) is 0 Å². The minimum Gasteiger partial charge on any atom is -0.454 e. The summed E-state index contributed by atoms with van der Waals surface area (Å²) in [5, 5.41) is 6.31. The Morgan fingerprint density at radius 1 is 1.03 bits per heavy atom. The highest BCUT2D eigenvalue weighted by atomic mass is 35.5. The highest BCUT2D eigenvalue weighted by Crippen LogP contribution is 2.30. The fourth-order valence-corrected chi connectivity index (χ4v) is 3.44. The zero-order chi connectivity index (χ0) is 21.9. The average molecular weight is 451 g/mol. The van der Waals surface area contributed by atoms with E-state index >= 15 is 0 Å².